The van der Waals surface area contributed by atoms with E-state index in [9.17, 15) is 4.79 Å². The molecule has 3 heterocycles. The van der Waals surface area contributed by atoms with Crippen molar-refractivity contribution in [2.24, 2.45) is 0 Å². The number of carbonyl (C=O) groups is 1. The molecule has 2 aromatic carbocycles. The third kappa shape index (κ3) is 3.42. The molecule has 1 N–H and O–H groups in total. The van der Waals surface area contributed by atoms with E-state index in [1.165, 1.54) is 5.56 Å². The first-order valence-corrected chi connectivity index (χ1v) is 9.76. The molecule has 8 heteroatoms. The SMILES string of the molecule is COc1ccc(-c2noc(CN3C=CN4NC(c5ccccc5)CC4C3=O)n2)cc1. The van der Waals surface area contributed by atoms with E-state index in [0.29, 0.717) is 18.1 Å². The third-order valence-electron chi connectivity index (χ3n) is 5.40. The van der Waals surface area contributed by atoms with E-state index in [0.717, 1.165) is 11.3 Å². The van der Waals surface area contributed by atoms with Crippen LogP contribution in [0.5, 0.6) is 5.75 Å². The number of aromatic nitrogens is 2. The topological polar surface area (TPSA) is 83.7 Å². The second-order valence-corrected chi connectivity index (χ2v) is 7.26. The summed E-state index contributed by atoms with van der Waals surface area (Å²) in [6.45, 7) is 0.235. The predicted octanol–water partition coefficient (Wildman–Crippen LogP) is 2.88. The molecule has 8 nitrogen and oxygen atoms in total. The van der Waals surface area contributed by atoms with Crippen LogP contribution in [0.3, 0.4) is 0 Å². The first-order valence-electron chi connectivity index (χ1n) is 9.76. The molecule has 1 amide bonds. The van der Waals surface area contributed by atoms with Gasteiger partial charge in [0, 0.05) is 18.0 Å². The Balaban J connectivity index is 1.27. The molecular formula is C22H21N5O3. The van der Waals surface area contributed by atoms with E-state index in [2.05, 4.69) is 27.7 Å². The molecule has 1 fully saturated rings. The number of fused-ring (bicyclic) bond motifs is 1. The summed E-state index contributed by atoms with van der Waals surface area (Å²) in [7, 11) is 1.62. The van der Waals surface area contributed by atoms with Crippen molar-refractivity contribution in [3.8, 4) is 17.1 Å². The van der Waals surface area contributed by atoms with Gasteiger partial charge in [-0.1, -0.05) is 35.5 Å². The second kappa shape index (κ2) is 7.64. The van der Waals surface area contributed by atoms with E-state index < -0.39 is 0 Å². The molecule has 30 heavy (non-hydrogen) atoms. The smallest absolute Gasteiger partial charge is 0.251 e. The van der Waals surface area contributed by atoms with Gasteiger partial charge >= 0.3 is 0 Å². The van der Waals surface area contributed by atoms with Crippen molar-refractivity contribution in [1.82, 2.24) is 25.5 Å². The Labute approximate surface area is 173 Å². The maximum Gasteiger partial charge on any atom is 0.251 e. The first-order chi connectivity index (χ1) is 14.7. The molecule has 2 unspecified atom stereocenters. The molecule has 5 rings (SSSR count). The van der Waals surface area contributed by atoms with Gasteiger partial charge in [0.2, 0.25) is 11.7 Å². The Morgan fingerprint density at radius 1 is 1.13 bits per heavy atom. The number of benzene rings is 2. The van der Waals surface area contributed by atoms with Crippen molar-refractivity contribution < 1.29 is 14.1 Å². The van der Waals surface area contributed by atoms with E-state index in [1.807, 2.05) is 53.7 Å². The zero-order valence-electron chi connectivity index (χ0n) is 16.4. The minimum atomic E-state index is -0.260. The fraction of sp³-hybridized carbons (Fsp3) is 0.227. The normalized spacial score (nSPS) is 20.5. The molecule has 2 aliphatic rings. The quantitative estimate of drug-likeness (QED) is 0.701. The number of hydrazine groups is 1. The molecule has 0 bridgehead atoms. The van der Waals surface area contributed by atoms with Gasteiger partial charge < -0.3 is 19.2 Å². The standard InChI is InChI=1S/C22H21N5O3/c1-29-17-9-7-16(8-10-17)21-23-20(30-25-21)14-26-11-12-27-19(22(26)28)13-18(24-27)15-5-3-2-4-6-15/h2-12,18-19,24H,13-14H2,1H3. The maximum atomic E-state index is 13.0. The van der Waals surface area contributed by atoms with Crippen LogP contribution in [0.1, 0.15) is 23.9 Å². The fourth-order valence-electron chi connectivity index (χ4n) is 3.79. The minimum absolute atomic E-state index is 0.00706. The lowest BCUT2D eigenvalue weighted by atomic mass is 10.0. The van der Waals surface area contributed by atoms with Crippen LogP contribution in [-0.2, 0) is 11.3 Å². The molecule has 152 valence electrons. The average molecular weight is 403 g/mol. The summed E-state index contributed by atoms with van der Waals surface area (Å²) in [5, 5.41) is 5.92. The highest BCUT2D eigenvalue weighted by Gasteiger charge is 2.40. The van der Waals surface area contributed by atoms with Gasteiger partial charge in [0.15, 0.2) is 0 Å². The second-order valence-electron chi connectivity index (χ2n) is 7.26. The van der Waals surface area contributed by atoms with Gasteiger partial charge in [-0.3, -0.25) is 4.79 Å². The highest BCUT2D eigenvalue weighted by atomic mass is 16.5. The molecule has 3 aromatic rings. The van der Waals surface area contributed by atoms with Crippen LogP contribution >= 0.6 is 0 Å². The van der Waals surface area contributed by atoms with Gasteiger partial charge in [0.25, 0.3) is 5.91 Å². The number of hydrogen-bond acceptors (Lipinski definition) is 7. The number of amides is 1. The molecule has 0 saturated carbocycles. The van der Waals surface area contributed by atoms with Gasteiger partial charge in [-0.25, -0.2) is 5.43 Å². The molecule has 2 aliphatic heterocycles. The first kappa shape index (κ1) is 18.4. The van der Waals surface area contributed by atoms with Crippen molar-refractivity contribution in [2.75, 3.05) is 7.11 Å². The lowest BCUT2D eigenvalue weighted by Gasteiger charge is -2.30. The zero-order valence-corrected chi connectivity index (χ0v) is 16.4. The minimum Gasteiger partial charge on any atom is -0.497 e. The number of carbonyl (C=O) groups excluding carboxylic acids is 1. The highest BCUT2D eigenvalue weighted by Crippen LogP contribution is 2.31. The van der Waals surface area contributed by atoms with Gasteiger partial charge in [-0.2, -0.15) is 4.98 Å². The number of nitrogens with zero attached hydrogens (tertiary/aromatic N) is 4. The van der Waals surface area contributed by atoms with Crippen LogP contribution in [0, 0.1) is 0 Å². The van der Waals surface area contributed by atoms with Crippen LogP contribution < -0.4 is 10.2 Å². The lowest BCUT2D eigenvalue weighted by Crippen LogP contribution is -2.47. The fourth-order valence-corrected chi connectivity index (χ4v) is 3.79. The molecule has 2 atom stereocenters. The Kier molecular flexibility index (Phi) is 4.68. The van der Waals surface area contributed by atoms with Crippen LogP contribution in [0.15, 0.2) is 71.5 Å². The van der Waals surface area contributed by atoms with Gasteiger partial charge in [0.1, 0.15) is 18.3 Å². The molecule has 0 spiro atoms. The number of nitrogens with one attached hydrogen (secondary N) is 1. The number of hydrogen-bond donors (Lipinski definition) is 1. The molecule has 0 radical (unpaired) electrons. The van der Waals surface area contributed by atoms with Crippen molar-refractivity contribution in [3.63, 3.8) is 0 Å². The average Bonchev–Trinajstić information content (AvgIpc) is 3.44. The van der Waals surface area contributed by atoms with Crippen LogP contribution in [-0.4, -0.2) is 39.1 Å². The highest BCUT2D eigenvalue weighted by molar-refractivity contribution is 5.84. The third-order valence-corrected chi connectivity index (χ3v) is 5.40. The Morgan fingerprint density at radius 2 is 1.93 bits per heavy atom. The molecular weight excluding hydrogens is 382 g/mol. The number of ether oxygens (including phenoxy) is 1. The van der Waals surface area contributed by atoms with E-state index in [1.54, 1.807) is 18.2 Å². The Bertz CT molecular complexity index is 1060. The Hall–Kier alpha value is -3.65. The number of rotatable bonds is 5. The molecule has 1 aromatic heterocycles. The van der Waals surface area contributed by atoms with Crippen LogP contribution in [0.25, 0.3) is 11.4 Å². The lowest BCUT2D eigenvalue weighted by molar-refractivity contribution is -0.135. The summed E-state index contributed by atoms with van der Waals surface area (Å²) in [4.78, 5) is 19.1. The predicted molar refractivity (Wildman–Crippen MR) is 109 cm³/mol. The number of methoxy groups -OCH3 is 1. The Morgan fingerprint density at radius 3 is 2.70 bits per heavy atom. The van der Waals surface area contributed by atoms with Gasteiger partial charge in [-0.05, 0) is 36.2 Å². The largest absolute Gasteiger partial charge is 0.497 e. The summed E-state index contributed by atoms with van der Waals surface area (Å²) in [5.74, 6) is 1.63. The summed E-state index contributed by atoms with van der Waals surface area (Å²) in [6, 6.07) is 17.4. The summed E-state index contributed by atoms with van der Waals surface area (Å²) in [5.41, 5.74) is 5.39. The monoisotopic (exact) mass is 403 g/mol. The maximum absolute atomic E-state index is 13.0. The zero-order chi connectivity index (χ0) is 20.5. The van der Waals surface area contributed by atoms with Crippen molar-refractivity contribution >= 4 is 5.91 Å². The summed E-state index contributed by atoms with van der Waals surface area (Å²) in [6.07, 6.45) is 4.33. The molecule has 0 aliphatic carbocycles. The van der Waals surface area contributed by atoms with E-state index >= 15 is 0 Å². The van der Waals surface area contributed by atoms with E-state index in [4.69, 9.17) is 9.26 Å². The van der Waals surface area contributed by atoms with Gasteiger partial charge in [-0.15, -0.1) is 0 Å². The summed E-state index contributed by atoms with van der Waals surface area (Å²) >= 11 is 0. The van der Waals surface area contributed by atoms with Crippen molar-refractivity contribution in [1.29, 1.82) is 0 Å². The van der Waals surface area contributed by atoms with Crippen molar-refractivity contribution in [2.45, 2.75) is 25.0 Å². The van der Waals surface area contributed by atoms with Crippen LogP contribution in [0.4, 0.5) is 0 Å². The molecule has 1 saturated heterocycles. The van der Waals surface area contributed by atoms with Crippen molar-refractivity contribution in [3.05, 3.63) is 78.5 Å². The van der Waals surface area contributed by atoms with Gasteiger partial charge in [0.05, 0.1) is 13.2 Å². The van der Waals surface area contributed by atoms with E-state index in [-0.39, 0.29) is 24.5 Å². The van der Waals surface area contributed by atoms with Crippen LogP contribution in [0.2, 0.25) is 0 Å². The summed E-state index contributed by atoms with van der Waals surface area (Å²) < 4.78 is 10.5.